The lowest BCUT2D eigenvalue weighted by molar-refractivity contribution is -0.122. The topological polar surface area (TPSA) is 72.9 Å². The van der Waals surface area contributed by atoms with Gasteiger partial charge in [-0.05, 0) is 31.4 Å². The number of imidazole rings is 1. The molecule has 1 fully saturated rings. The molecule has 0 atom stereocenters. The summed E-state index contributed by atoms with van der Waals surface area (Å²) >= 11 is 0. The lowest BCUT2D eigenvalue weighted by atomic mass is 9.82. The number of aromatic nitrogens is 2. The zero-order chi connectivity index (χ0) is 15.6. The average Bonchev–Trinajstić information content (AvgIpc) is 2.86. The van der Waals surface area contributed by atoms with Crippen LogP contribution in [0.2, 0.25) is 0 Å². The summed E-state index contributed by atoms with van der Waals surface area (Å²) in [6.45, 7) is 2.94. The predicted molar refractivity (Wildman–Crippen MR) is 88.7 cm³/mol. The number of para-hydroxylation sites is 2. The van der Waals surface area contributed by atoms with Crippen molar-refractivity contribution >= 4 is 22.9 Å². The van der Waals surface area contributed by atoms with Crippen LogP contribution in [-0.4, -0.2) is 21.0 Å². The highest BCUT2D eigenvalue weighted by Gasteiger charge is 2.36. The number of rotatable bonds is 4. The molecule has 1 aromatic heterocycles. The van der Waals surface area contributed by atoms with Gasteiger partial charge in [-0.1, -0.05) is 38.3 Å². The van der Waals surface area contributed by atoms with Crippen LogP contribution >= 0.6 is 0 Å². The van der Waals surface area contributed by atoms with Crippen molar-refractivity contribution in [1.29, 1.82) is 0 Å². The van der Waals surface area contributed by atoms with Crippen molar-refractivity contribution in [2.75, 3.05) is 5.32 Å². The van der Waals surface area contributed by atoms with Crippen LogP contribution in [0.15, 0.2) is 24.3 Å². The van der Waals surface area contributed by atoms with Gasteiger partial charge in [0.05, 0.1) is 16.6 Å². The highest BCUT2D eigenvalue weighted by atomic mass is 16.2. The third-order valence-corrected chi connectivity index (χ3v) is 4.53. The first-order valence-electron chi connectivity index (χ1n) is 8.20. The van der Waals surface area contributed by atoms with Crippen molar-refractivity contribution in [1.82, 2.24) is 9.55 Å². The number of nitrogens with zero attached hydrogens (tertiary/aromatic N) is 2. The van der Waals surface area contributed by atoms with E-state index >= 15 is 0 Å². The maximum absolute atomic E-state index is 12.6. The number of fused-ring (bicyclic) bond motifs is 1. The van der Waals surface area contributed by atoms with Crippen LogP contribution in [0.3, 0.4) is 0 Å². The molecule has 2 aromatic rings. The molecule has 1 aromatic carbocycles. The molecule has 1 saturated carbocycles. The van der Waals surface area contributed by atoms with Gasteiger partial charge in [-0.3, -0.25) is 10.1 Å². The average molecular weight is 300 g/mol. The summed E-state index contributed by atoms with van der Waals surface area (Å²) in [6, 6.07) is 7.96. The van der Waals surface area contributed by atoms with Crippen molar-refractivity contribution in [3.63, 3.8) is 0 Å². The molecule has 1 heterocycles. The number of amides is 1. The Morgan fingerprint density at radius 1 is 1.32 bits per heavy atom. The molecule has 1 aliphatic carbocycles. The number of carbonyl (C=O) groups excluding carboxylic acids is 1. The fraction of sp³-hybridized carbons (Fsp3) is 0.529. The standard InChI is InChI=1S/C17H24N4O/c1-2-12-21-14-9-5-4-8-13(14)19-16(21)20-15(22)17(18)10-6-3-7-11-17/h4-5,8-9H,2-3,6-7,10-12,18H2,1H3,(H,19,20,22). The molecule has 0 unspecified atom stereocenters. The van der Waals surface area contributed by atoms with E-state index in [4.69, 9.17) is 5.73 Å². The van der Waals surface area contributed by atoms with Crippen LogP contribution in [0.4, 0.5) is 5.95 Å². The molecular formula is C17H24N4O. The third kappa shape index (κ3) is 2.73. The molecule has 3 N–H and O–H groups in total. The number of nitrogens with one attached hydrogen (secondary N) is 1. The number of aryl methyl sites for hydroxylation is 1. The number of anilines is 1. The fourth-order valence-corrected chi connectivity index (χ4v) is 3.26. The monoisotopic (exact) mass is 300 g/mol. The second-order valence-corrected chi connectivity index (χ2v) is 6.25. The quantitative estimate of drug-likeness (QED) is 0.911. The molecule has 118 valence electrons. The largest absolute Gasteiger partial charge is 0.317 e. The minimum absolute atomic E-state index is 0.0974. The van der Waals surface area contributed by atoms with E-state index in [1.165, 1.54) is 6.42 Å². The SMILES string of the molecule is CCCn1c(NC(=O)C2(N)CCCCC2)nc2ccccc21. The van der Waals surface area contributed by atoms with E-state index in [1.54, 1.807) is 0 Å². The molecule has 3 rings (SSSR count). The van der Waals surface area contributed by atoms with Crippen LogP contribution in [-0.2, 0) is 11.3 Å². The zero-order valence-corrected chi connectivity index (χ0v) is 13.1. The predicted octanol–water partition coefficient (Wildman–Crippen LogP) is 3.05. The van der Waals surface area contributed by atoms with Crippen molar-refractivity contribution in [3.05, 3.63) is 24.3 Å². The summed E-state index contributed by atoms with van der Waals surface area (Å²) in [7, 11) is 0. The van der Waals surface area contributed by atoms with Gasteiger partial charge in [0, 0.05) is 6.54 Å². The van der Waals surface area contributed by atoms with Crippen LogP contribution in [0.5, 0.6) is 0 Å². The van der Waals surface area contributed by atoms with Gasteiger partial charge < -0.3 is 10.3 Å². The third-order valence-electron chi connectivity index (χ3n) is 4.53. The summed E-state index contributed by atoms with van der Waals surface area (Å²) in [5.74, 6) is 0.517. The Hall–Kier alpha value is -1.88. The maximum atomic E-state index is 12.6. The highest BCUT2D eigenvalue weighted by Crippen LogP contribution is 2.28. The fourth-order valence-electron chi connectivity index (χ4n) is 3.26. The Balaban J connectivity index is 1.89. The van der Waals surface area contributed by atoms with Crippen molar-refractivity contribution in [2.45, 2.75) is 57.5 Å². The Labute approximate surface area is 130 Å². The van der Waals surface area contributed by atoms with Crippen LogP contribution < -0.4 is 11.1 Å². The number of hydrogen-bond acceptors (Lipinski definition) is 3. The minimum atomic E-state index is -0.743. The maximum Gasteiger partial charge on any atom is 0.246 e. The van der Waals surface area contributed by atoms with Gasteiger partial charge in [-0.25, -0.2) is 4.98 Å². The molecule has 0 radical (unpaired) electrons. The second kappa shape index (κ2) is 6.08. The van der Waals surface area contributed by atoms with Crippen LogP contribution in [0.1, 0.15) is 45.4 Å². The minimum Gasteiger partial charge on any atom is -0.317 e. The number of hydrogen-bond donors (Lipinski definition) is 2. The van der Waals surface area contributed by atoms with Crippen LogP contribution in [0.25, 0.3) is 11.0 Å². The van der Waals surface area contributed by atoms with E-state index in [2.05, 4.69) is 21.8 Å². The van der Waals surface area contributed by atoms with Crippen molar-refractivity contribution in [3.8, 4) is 0 Å². The second-order valence-electron chi connectivity index (χ2n) is 6.25. The molecule has 0 aliphatic heterocycles. The lowest BCUT2D eigenvalue weighted by Gasteiger charge is -2.31. The van der Waals surface area contributed by atoms with Gasteiger partial charge in [0.1, 0.15) is 0 Å². The van der Waals surface area contributed by atoms with Gasteiger partial charge in [-0.15, -0.1) is 0 Å². The van der Waals surface area contributed by atoms with Crippen molar-refractivity contribution in [2.24, 2.45) is 5.73 Å². The molecule has 5 nitrogen and oxygen atoms in total. The molecule has 0 bridgehead atoms. The van der Waals surface area contributed by atoms with Gasteiger partial charge in [-0.2, -0.15) is 0 Å². The van der Waals surface area contributed by atoms with Crippen molar-refractivity contribution < 1.29 is 4.79 Å². The Morgan fingerprint density at radius 3 is 2.77 bits per heavy atom. The Kier molecular flexibility index (Phi) is 4.16. The van der Waals surface area contributed by atoms with E-state index in [1.807, 2.05) is 24.3 Å². The van der Waals surface area contributed by atoms with E-state index in [0.29, 0.717) is 5.95 Å². The molecule has 1 amide bonds. The summed E-state index contributed by atoms with van der Waals surface area (Å²) in [5.41, 5.74) is 7.53. The molecule has 22 heavy (non-hydrogen) atoms. The Morgan fingerprint density at radius 2 is 2.05 bits per heavy atom. The highest BCUT2D eigenvalue weighted by molar-refractivity contribution is 5.98. The van der Waals surface area contributed by atoms with E-state index in [0.717, 1.165) is 49.7 Å². The molecule has 0 saturated heterocycles. The lowest BCUT2D eigenvalue weighted by Crippen LogP contribution is -2.52. The molecule has 0 spiro atoms. The first-order chi connectivity index (χ1) is 10.6. The van der Waals surface area contributed by atoms with Gasteiger partial charge in [0.2, 0.25) is 11.9 Å². The molecule has 1 aliphatic rings. The van der Waals surface area contributed by atoms with Gasteiger partial charge in [0.15, 0.2) is 0 Å². The zero-order valence-electron chi connectivity index (χ0n) is 13.1. The van der Waals surface area contributed by atoms with Crippen LogP contribution in [0, 0.1) is 0 Å². The van der Waals surface area contributed by atoms with E-state index in [9.17, 15) is 4.79 Å². The summed E-state index contributed by atoms with van der Waals surface area (Å²) in [6.07, 6.45) is 5.71. The first kappa shape index (κ1) is 15.0. The summed E-state index contributed by atoms with van der Waals surface area (Å²) in [4.78, 5) is 17.2. The smallest absolute Gasteiger partial charge is 0.246 e. The molecular weight excluding hydrogens is 276 g/mol. The Bertz CT molecular complexity index is 670. The summed E-state index contributed by atoms with van der Waals surface area (Å²) < 4.78 is 2.07. The van der Waals surface area contributed by atoms with Gasteiger partial charge in [0.25, 0.3) is 0 Å². The van der Waals surface area contributed by atoms with Gasteiger partial charge >= 0.3 is 0 Å². The first-order valence-corrected chi connectivity index (χ1v) is 8.20. The number of carbonyl (C=O) groups is 1. The number of benzene rings is 1. The normalized spacial score (nSPS) is 17.5. The summed E-state index contributed by atoms with van der Waals surface area (Å²) in [5, 5.41) is 2.98. The van der Waals surface area contributed by atoms with E-state index < -0.39 is 5.54 Å². The molecule has 5 heteroatoms. The van der Waals surface area contributed by atoms with E-state index in [-0.39, 0.29) is 5.91 Å². The number of nitrogens with two attached hydrogens (primary N) is 1.